The summed E-state index contributed by atoms with van der Waals surface area (Å²) in [6.45, 7) is -0.465. The van der Waals surface area contributed by atoms with Gasteiger partial charge in [-0.3, -0.25) is 4.57 Å². The molecular weight excluding hydrogens is 461 g/mol. The summed E-state index contributed by atoms with van der Waals surface area (Å²) in [5.74, 6) is -3.33. The molecule has 0 bridgehead atoms. The molecule has 3 atom stereocenters. The number of alkyl halides is 1. The molecule has 1 aromatic carbocycles. The number of carboxylic acid groups (broad SMARTS) is 2. The third-order valence-corrected chi connectivity index (χ3v) is 5.50. The van der Waals surface area contributed by atoms with Gasteiger partial charge in [0.15, 0.2) is 17.7 Å². The van der Waals surface area contributed by atoms with E-state index in [0.29, 0.717) is 5.56 Å². The van der Waals surface area contributed by atoms with Crippen molar-refractivity contribution in [1.29, 1.82) is 0 Å². The lowest BCUT2D eigenvalue weighted by molar-refractivity contribution is -0.188. The number of nitrogen functional groups attached to an aromatic ring is 1. The monoisotopic (exact) mass is 479 g/mol. The number of fused-ring (bicyclic) bond motifs is 1. The van der Waals surface area contributed by atoms with E-state index in [1.165, 1.54) is 10.9 Å². The molecule has 0 saturated carbocycles. The summed E-state index contributed by atoms with van der Waals surface area (Å²) < 4.78 is 27.2. The van der Waals surface area contributed by atoms with E-state index in [4.69, 9.17) is 26.8 Å². The smallest absolute Gasteiger partial charge is 0.348 e. The van der Waals surface area contributed by atoms with Crippen molar-refractivity contribution >= 4 is 40.5 Å². The van der Waals surface area contributed by atoms with Crippen molar-refractivity contribution < 1.29 is 33.7 Å². The first-order valence-corrected chi connectivity index (χ1v) is 10.2. The van der Waals surface area contributed by atoms with Gasteiger partial charge in [-0.05, 0) is 17.2 Å². The zero-order valence-corrected chi connectivity index (χ0v) is 17.7. The number of anilines is 1. The first-order chi connectivity index (χ1) is 15.7. The summed E-state index contributed by atoms with van der Waals surface area (Å²) in [6, 6.07) is 8.20. The molecule has 1 aliphatic rings. The van der Waals surface area contributed by atoms with Crippen LogP contribution in [-0.4, -0.2) is 66.2 Å². The summed E-state index contributed by atoms with van der Waals surface area (Å²) in [5.41, 5.74) is 4.04. The molecule has 174 valence electrons. The van der Waals surface area contributed by atoms with Crippen molar-refractivity contribution in [2.24, 2.45) is 0 Å². The Kier molecular flexibility index (Phi) is 6.15. The van der Waals surface area contributed by atoms with E-state index in [0.717, 1.165) is 0 Å². The second-order valence-electron chi connectivity index (χ2n) is 7.51. The van der Waals surface area contributed by atoms with Crippen molar-refractivity contribution in [3.05, 3.63) is 47.5 Å². The van der Waals surface area contributed by atoms with Crippen LogP contribution in [0, 0.1) is 0 Å². The molecule has 0 unspecified atom stereocenters. The summed E-state index contributed by atoms with van der Waals surface area (Å²) in [5, 5.41) is 19.2. The van der Waals surface area contributed by atoms with Crippen LogP contribution < -0.4 is 5.73 Å². The number of carbonyl (C=O) groups is 2. The van der Waals surface area contributed by atoms with Crippen LogP contribution >= 0.6 is 11.6 Å². The predicted molar refractivity (Wildman–Crippen MR) is 112 cm³/mol. The Bertz CT molecular complexity index is 1180. The van der Waals surface area contributed by atoms with Crippen molar-refractivity contribution in [2.45, 2.75) is 36.9 Å². The van der Waals surface area contributed by atoms with Crippen molar-refractivity contribution in [1.82, 2.24) is 19.5 Å². The van der Waals surface area contributed by atoms with Crippen LogP contribution in [0.25, 0.3) is 11.2 Å². The van der Waals surface area contributed by atoms with Crippen molar-refractivity contribution in [2.75, 3.05) is 12.3 Å². The molecule has 4 rings (SSSR count). The van der Waals surface area contributed by atoms with E-state index in [1.807, 2.05) is 0 Å². The number of hydrogen-bond acceptors (Lipinski definition) is 8. The molecule has 13 heteroatoms. The Morgan fingerprint density at radius 3 is 2.64 bits per heavy atom. The number of benzene rings is 1. The lowest BCUT2D eigenvalue weighted by Gasteiger charge is -2.27. The number of aliphatic carboxylic acids is 2. The third-order valence-electron chi connectivity index (χ3n) is 5.33. The SMILES string of the molecule is Nc1nc(Cl)nc2c1ncn2[C@@H]1O[C@H](COC(Cc2ccccc2)(C(=O)O)C(=O)O)C[C@@H]1F. The Morgan fingerprint density at radius 2 is 1.97 bits per heavy atom. The molecule has 0 radical (unpaired) electrons. The van der Waals surface area contributed by atoms with Gasteiger partial charge >= 0.3 is 11.9 Å². The molecular formula is C20H19ClFN5O6. The van der Waals surface area contributed by atoms with Gasteiger partial charge in [0.1, 0.15) is 11.7 Å². The van der Waals surface area contributed by atoms with Gasteiger partial charge in [-0.2, -0.15) is 9.97 Å². The van der Waals surface area contributed by atoms with E-state index in [-0.39, 0.29) is 28.7 Å². The number of nitrogens with two attached hydrogens (primary N) is 1. The van der Waals surface area contributed by atoms with Crippen LogP contribution in [-0.2, 0) is 25.5 Å². The highest BCUT2D eigenvalue weighted by Gasteiger charge is 2.49. The van der Waals surface area contributed by atoms with Gasteiger partial charge < -0.3 is 25.4 Å². The fourth-order valence-corrected chi connectivity index (χ4v) is 3.86. The van der Waals surface area contributed by atoms with Crippen LogP contribution in [0.1, 0.15) is 18.2 Å². The predicted octanol–water partition coefficient (Wildman–Crippen LogP) is 1.85. The van der Waals surface area contributed by atoms with Gasteiger partial charge in [-0.25, -0.2) is 19.0 Å². The number of nitrogens with zero attached hydrogens (tertiary/aromatic N) is 4. The number of carboxylic acids is 2. The van der Waals surface area contributed by atoms with Crippen LogP contribution in [0.4, 0.5) is 10.2 Å². The molecule has 3 aromatic rings. The largest absolute Gasteiger partial charge is 0.479 e. The Balaban J connectivity index is 1.53. The molecule has 33 heavy (non-hydrogen) atoms. The lowest BCUT2D eigenvalue weighted by Crippen LogP contribution is -2.52. The normalized spacial score (nSPS) is 20.8. The van der Waals surface area contributed by atoms with E-state index in [1.54, 1.807) is 30.3 Å². The van der Waals surface area contributed by atoms with Crippen LogP contribution in [0.3, 0.4) is 0 Å². The van der Waals surface area contributed by atoms with Crippen LogP contribution in [0.5, 0.6) is 0 Å². The first-order valence-electron chi connectivity index (χ1n) is 9.81. The summed E-state index contributed by atoms with van der Waals surface area (Å²) >= 11 is 5.84. The molecule has 0 amide bonds. The second kappa shape index (κ2) is 8.89. The lowest BCUT2D eigenvalue weighted by atomic mass is 9.94. The Morgan fingerprint density at radius 1 is 1.27 bits per heavy atom. The molecule has 1 saturated heterocycles. The van der Waals surface area contributed by atoms with Crippen LogP contribution in [0.15, 0.2) is 36.7 Å². The zero-order valence-electron chi connectivity index (χ0n) is 17.0. The number of hydrogen-bond donors (Lipinski definition) is 3. The molecule has 4 N–H and O–H groups in total. The zero-order chi connectivity index (χ0) is 23.8. The molecule has 1 aliphatic heterocycles. The Labute approximate surface area is 190 Å². The maximum Gasteiger partial charge on any atom is 0.348 e. The fraction of sp³-hybridized carbons (Fsp3) is 0.350. The first kappa shape index (κ1) is 22.8. The maximum absolute atomic E-state index is 14.8. The number of aromatic nitrogens is 4. The van der Waals surface area contributed by atoms with E-state index in [9.17, 15) is 24.2 Å². The maximum atomic E-state index is 14.8. The summed E-state index contributed by atoms with van der Waals surface area (Å²) in [7, 11) is 0. The Hall–Kier alpha value is -3.35. The minimum atomic E-state index is -2.56. The molecule has 3 heterocycles. The van der Waals surface area contributed by atoms with Crippen molar-refractivity contribution in [3.63, 3.8) is 0 Å². The molecule has 2 aromatic heterocycles. The summed E-state index contributed by atoms with van der Waals surface area (Å²) in [4.78, 5) is 35.7. The number of rotatable bonds is 8. The van der Waals surface area contributed by atoms with Gasteiger partial charge in [0.2, 0.25) is 5.28 Å². The van der Waals surface area contributed by atoms with E-state index >= 15 is 0 Å². The summed E-state index contributed by atoms with van der Waals surface area (Å²) in [6.07, 6.45) is -2.95. The van der Waals surface area contributed by atoms with E-state index < -0.39 is 49.1 Å². The van der Waals surface area contributed by atoms with Crippen LogP contribution in [0.2, 0.25) is 5.28 Å². The number of halogens is 2. The van der Waals surface area contributed by atoms with Gasteiger partial charge in [0.25, 0.3) is 5.60 Å². The average Bonchev–Trinajstić information content (AvgIpc) is 3.34. The van der Waals surface area contributed by atoms with E-state index in [2.05, 4.69) is 15.0 Å². The molecule has 11 nitrogen and oxygen atoms in total. The van der Waals surface area contributed by atoms with Crippen molar-refractivity contribution in [3.8, 4) is 0 Å². The van der Waals surface area contributed by atoms with Gasteiger partial charge in [-0.1, -0.05) is 30.3 Å². The second-order valence-corrected chi connectivity index (χ2v) is 7.85. The topological polar surface area (TPSA) is 163 Å². The standard InChI is InChI=1S/C20H19ClFN5O6/c21-19-25-14(23)13-15(26-19)27(9-24-13)16-12(22)6-11(33-16)8-32-20(17(28)29,18(30)31)7-10-4-2-1-3-5-10/h1-5,9,11-12,16H,6-8H2,(H,28,29)(H,30,31)(H2,23,25,26)/t11-,12-,16+/m0/s1. The highest BCUT2D eigenvalue weighted by molar-refractivity contribution is 6.28. The highest BCUT2D eigenvalue weighted by atomic mass is 35.5. The minimum absolute atomic E-state index is 0.0191. The van der Waals surface area contributed by atoms with Gasteiger partial charge in [-0.15, -0.1) is 0 Å². The average molecular weight is 480 g/mol. The van der Waals surface area contributed by atoms with Gasteiger partial charge in [0.05, 0.1) is 19.0 Å². The highest BCUT2D eigenvalue weighted by Crippen LogP contribution is 2.35. The molecule has 0 aliphatic carbocycles. The number of ether oxygens (including phenoxy) is 2. The molecule has 0 spiro atoms. The quantitative estimate of drug-likeness (QED) is 0.321. The third kappa shape index (κ3) is 4.32. The van der Waals surface area contributed by atoms with Gasteiger partial charge in [0, 0.05) is 12.8 Å². The number of imidazole rings is 1. The minimum Gasteiger partial charge on any atom is -0.479 e. The molecule has 1 fully saturated rings. The fourth-order valence-electron chi connectivity index (χ4n) is 3.69.